The molecule has 0 amide bonds. The van der Waals surface area contributed by atoms with Crippen LogP contribution in [0, 0.1) is 11.3 Å². The Morgan fingerprint density at radius 2 is 1.88 bits per heavy atom. The number of rotatable bonds is 2. The van der Waals surface area contributed by atoms with Gasteiger partial charge in [0.05, 0.1) is 11.6 Å². The Hall–Kier alpha value is -2.15. The van der Waals surface area contributed by atoms with Crippen molar-refractivity contribution in [2.75, 3.05) is 0 Å². The highest BCUT2D eigenvalue weighted by Crippen LogP contribution is 2.21. The van der Waals surface area contributed by atoms with Gasteiger partial charge in [-0.1, -0.05) is 13.8 Å². The van der Waals surface area contributed by atoms with E-state index in [9.17, 15) is 0 Å². The van der Waals surface area contributed by atoms with Crippen molar-refractivity contribution in [1.82, 2.24) is 10.2 Å². The lowest BCUT2D eigenvalue weighted by Crippen LogP contribution is -1.85. The summed E-state index contributed by atoms with van der Waals surface area (Å²) < 4.78 is 5.50. The molecule has 0 bridgehead atoms. The van der Waals surface area contributed by atoms with E-state index < -0.39 is 0 Å². The van der Waals surface area contributed by atoms with Crippen LogP contribution in [-0.2, 0) is 0 Å². The van der Waals surface area contributed by atoms with E-state index in [1.165, 1.54) is 0 Å². The fourth-order valence-electron chi connectivity index (χ4n) is 1.27. The average Bonchev–Trinajstić information content (AvgIpc) is 2.78. The molecule has 0 unspecified atom stereocenters. The standard InChI is InChI=1S/C12H11N3O/c1-8(2)11-14-15-12(16-11)10-5-3-9(7-13)4-6-10/h3-6,8H,1-2H3. The molecule has 0 aliphatic heterocycles. The summed E-state index contributed by atoms with van der Waals surface area (Å²) in [4.78, 5) is 0. The van der Waals surface area contributed by atoms with Crippen LogP contribution in [0.3, 0.4) is 0 Å². The van der Waals surface area contributed by atoms with Gasteiger partial charge in [-0.25, -0.2) is 0 Å². The van der Waals surface area contributed by atoms with Crippen LogP contribution in [0.5, 0.6) is 0 Å². The maximum Gasteiger partial charge on any atom is 0.247 e. The van der Waals surface area contributed by atoms with Gasteiger partial charge >= 0.3 is 0 Å². The van der Waals surface area contributed by atoms with E-state index in [0.717, 1.165) is 5.56 Å². The first kappa shape index (κ1) is 10.4. The van der Waals surface area contributed by atoms with Crippen LogP contribution in [-0.4, -0.2) is 10.2 Å². The zero-order valence-corrected chi connectivity index (χ0v) is 9.14. The van der Waals surface area contributed by atoms with Crippen molar-refractivity contribution in [1.29, 1.82) is 5.26 Å². The van der Waals surface area contributed by atoms with E-state index in [0.29, 0.717) is 17.3 Å². The van der Waals surface area contributed by atoms with Gasteiger partial charge in [0, 0.05) is 11.5 Å². The molecular formula is C12H11N3O. The highest BCUT2D eigenvalue weighted by molar-refractivity contribution is 5.54. The molecule has 0 aliphatic rings. The van der Waals surface area contributed by atoms with Crippen molar-refractivity contribution in [2.45, 2.75) is 19.8 Å². The van der Waals surface area contributed by atoms with Crippen molar-refractivity contribution < 1.29 is 4.42 Å². The Morgan fingerprint density at radius 3 is 2.38 bits per heavy atom. The number of benzene rings is 1. The van der Waals surface area contributed by atoms with Crippen LogP contribution in [0.2, 0.25) is 0 Å². The molecule has 1 aromatic heterocycles. The predicted molar refractivity (Wildman–Crippen MR) is 58.5 cm³/mol. The first-order chi connectivity index (χ1) is 7.70. The molecule has 80 valence electrons. The van der Waals surface area contributed by atoms with Gasteiger partial charge in [0.1, 0.15) is 0 Å². The predicted octanol–water partition coefficient (Wildman–Crippen LogP) is 2.73. The van der Waals surface area contributed by atoms with Crippen molar-refractivity contribution >= 4 is 0 Å². The van der Waals surface area contributed by atoms with E-state index >= 15 is 0 Å². The Kier molecular flexibility index (Phi) is 2.69. The molecule has 2 rings (SSSR count). The molecule has 0 atom stereocenters. The zero-order valence-electron chi connectivity index (χ0n) is 9.14. The van der Waals surface area contributed by atoms with Crippen LogP contribution in [0.1, 0.15) is 31.2 Å². The molecule has 0 N–H and O–H groups in total. The molecule has 0 saturated carbocycles. The van der Waals surface area contributed by atoms with Crippen molar-refractivity contribution in [3.8, 4) is 17.5 Å². The molecule has 0 spiro atoms. The van der Waals surface area contributed by atoms with Crippen LogP contribution in [0.4, 0.5) is 0 Å². The van der Waals surface area contributed by atoms with E-state index in [-0.39, 0.29) is 5.92 Å². The van der Waals surface area contributed by atoms with Crippen molar-refractivity contribution in [3.05, 3.63) is 35.7 Å². The maximum atomic E-state index is 8.67. The Balaban J connectivity index is 2.32. The number of hydrogen-bond acceptors (Lipinski definition) is 4. The van der Waals surface area contributed by atoms with Gasteiger partial charge in [-0.15, -0.1) is 10.2 Å². The summed E-state index contributed by atoms with van der Waals surface area (Å²) in [5.41, 5.74) is 1.45. The largest absolute Gasteiger partial charge is 0.420 e. The Bertz CT molecular complexity index is 520. The number of nitriles is 1. The normalized spacial score (nSPS) is 10.4. The first-order valence-electron chi connectivity index (χ1n) is 5.04. The Morgan fingerprint density at radius 1 is 1.19 bits per heavy atom. The van der Waals surface area contributed by atoms with Gasteiger partial charge in [-0.05, 0) is 24.3 Å². The van der Waals surface area contributed by atoms with Gasteiger partial charge in [-0.3, -0.25) is 0 Å². The topological polar surface area (TPSA) is 62.7 Å². The second-order valence-electron chi connectivity index (χ2n) is 3.79. The molecule has 1 heterocycles. The summed E-state index contributed by atoms with van der Waals surface area (Å²) in [5, 5.41) is 16.6. The van der Waals surface area contributed by atoms with Gasteiger partial charge in [-0.2, -0.15) is 5.26 Å². The van der Waals surface area contributed by atoms with Gasteiger partial charge in [0.25, 0.3) is 0 Å². The molecule has 4 nitrogen and oxygen atoms in total. The molecule has 0 aliphatic carbocycles. The fraction of sp³-hybridized carbons (Fsp3) is 0.250. The first-order valence-corrected chi connectivity index (χ1v) is 5.04. The Labute approximate surface area is 93.5 Å². The summed E-state index contributed by atoms with van der Waals surface area (Å²) in [6.45, 7) is 3.99. The van der Waals surface area contributed by atoms with Gasteiger partial charge < -0.3 is 4.42 Å². The minimum atomic E-state index is 0.222. The number of hydrogen-bond donors (Lipinski definition) is 0. The minimum absolute atomic E-state index is 0.222. The lowest BCUT2D eigenvalue weighted by Gasteiger charge is -1.96. The molecule has 0 fully saturated rings. The highest BCUT2D eigenvalue weighted by atomic mass is 16.4. The SMILES string of the molecule is CC(C)c1nnc(-c2ccc(C#N)cc2)o1. The molecular weight excluding hydrogens is 202 g/mol. The molecule has 0 radical (unpaired) electrons. The second-order valence-corrected chi connectivity index (χ2v) is 3.79. The van der Waals surface area contributed by atoms with E-state index in [2.05, 4.69) is 16.3 Å². The monoisotopic (exact) mass is 213 g/mol. The smallest absolute Gasteiger partial charge is 0.247 e. The van der Waals surface area contributed by atoms with E-state index in [1.54, 1.807) is 24.3 Å². The summed E-state index contributed by atoms with van der Waals surface area (Å²) >= 11 is 0. The van der Waals surface area contributed by atoms with E-state index in [1.807, 2.05) is 13.8 Å². The zero-order chi connectivity index (χ0) is 11.5. The summed E-state index contributed by atoms with van der Waals surface area (Å²) in [5.74, 6) is 1.34. The van der Waals surface area contributed by atoms with E-state index in [4.69, 9.17) is 9.68 Å². The van der Waals surface area contributed by atoms with Crippen LogP contribution < -0.4 is 0 Å². The number of aromatic nitrogens is 2. The van der Waals surface area contributed by atoms with Crippen molar-refractivity contribution in [2.24, 2.45) is 0 Å². The second kappa shape index (κ2) is 4.15. The number of nitrogens with zero attached hydrogens (tertiary/aromatic N) is 3. The molecule has 1 aromatic carbocycles. The minimum Gasteiger partial charge on any atom is -0.420 e. The average molecular weight is 213 g/mol. The maximum absolute atomic E-state index is 8.67. The summed E-state index contributed by atoms with van der Waals surface area (Å²) in [6.07, 6.45) is 0. The molecule has 4 heteroatoms. The summed E-state index contributed by atoms with van der Waals surface area (Å²) in [7, 11) is 0. The van der Waals surface area contributed by atoms with Crippen LogP contribution in [0.25, 0.3) is 11.5 Å². The van der Waals surface area contributed by atoms with Crippen molar-refractivity contribution in [3.63, 3.8) is 0 Å². The third kappa shape index (κ3) is 1.94. The fourth-order valence-corrected chi connectivity index (χ4v) is 1.27. The molecule has 0 saturated heterocycles. The van der Waals surface area contributed by atoms with Crippen LogP contribution >= 0.6 is 0 Å². The summed E-state index contributed by atoms with van der Waals surface area (Å²) in [6, 6.07) is 9.13. The van der Waals surface area contributed by atoms with Gasteiger partial charge in [0.15, 0.2) is 0 Å². The lowest BCUT2D eigenvalue weighted by molar-refractivity contribution is 0.481. The molecule has 2 aromatic rings. The lowest BCUT2D eigenvalue weighted by atomic mass is 10.1. The third-order valence-electron chi connectivity index (χ3n) is 2.20. The highest BCUT2D eigenvalue weighted by Gasteiger charge is 2.10. The molecule has 16 heavy (non-hydrogen) atoms. The third-order valence-corrected chi connectivity index (χ3v) is 2.20. The van der Waals surface area contributed by atoms with Gasteiger partial charge in [0.2, 0.25) is 11.8 Å². The van der Waals surface area contributed by atoms with Crippen LogP contribution in [0.15, 0.2) is 28.7 Å². The quantitative estimate of drug-likeness (QED) is 0.769.